The molecule has 0 spiro atoms. The Hall–Kier alpha value is -0.220. The van der Waals surface area contributed by atoms with Crippen LogP contribution in [0, 0.1) is 0 Å². The normalized spacial score (nSPS) is 29.2. The first kappa shape index (κ1) is 13.2. The van der Waals surface area contributed by atoms with E-state index in [0.717, 1.165) is 26.0 Å². The summed E-state index contributed by atoms with van der Waals surface area (Å²) < 4.78 is 5.79. The van der Waals surface area contributed by atoms with E-state index in [1.54, 1.807) is 11.8 Å². The minimum Gasteiger partial charge on any atom is -0.374 e. The van der Waals surface area contributed by atoms with Crippen LogP contribution in [0.15, 0.2) is 0 Å². The van der Waals surface area contributed by atoms with Crippen molar-refractivity contribution in [2.45, 2.75) is 56.9 Å². The minimum atomic E-state index is 0.309. The van der Waals surface area contributed by atoms with Crippen molar-refractivity contribution in [2.75, 3.05) is 18.9 Å². The van der Waals surface area contributed by atoms with Crippen LogP contribution in [0.1, 0.15) is 39.5 Å². The molecule has 98 valence electrons. The molecule has 17 heavy (non-hydrogen) atoms. The van der Waals surface area contributed by atoms with E-state index in [1.807, 2.05) is 0 Å². The molecule has 2 aliphatic rings. The molecule has 2 rings (SSSR count). The molecule has 1 aliphatic heterocycles. The summed E-state index contributed by atoms with van der Waals surface area (Å²) in [6.07, 6.45) is 5.06. The zero-order chi connectivity index (χ0) is 12.3. The number of ether oxygens (including phenoxy) is 1. The van der Waals surface area contributed by atoms with Gasteiger partial charge in [-0.25, -0.2) is 0 Å². The Morgan fingerprint density at radius 2 is 2.18 bits per heavy atom. The number of carbonyl (C=O) groups excluding carboxylic acids is 1. The standard InChI is InChI=1S/C13H23NO2S/c1-10(2)17-9-13(15)14-7-8-16-12-6-4-3-5-11(12)14/h10-12H,3-9H2,1-2H3. The molecule has 1 amide bonds. The van der Waals surface area contributed by atoms with Crippen molar-refractivity contribution < 1.29 is 9.53 Å². The second-order valence-corrected chi connectivity index (χ2v) is 6.77. The van der Waals surface area contributed by atoms with Crippen molar-refractivity contribution in [3.8, 4) is 0 Å². The van der Waals surface area contributed by atoms with Crippen LogP contribution >= 0.6 is 11.8 Å². The average molecular weight is 257 g/mol. The second-order valence-electron chi connectivity index (χ2n) is 5.21. The van der Waals surface area contributed by atoms with Gasteiger partial charge in [0, 0.05) is 6.54 Å². The summed E-state index contributed by atoms with van der Waals surface area (Å²) in [5.41, 5.74) is 0. The predicted molar refractivity (Wildman–Crippen MR) is 71.3 cm³/mol. The van der Waals surface area contributed by atoms with Gasteiger partial charge in [-0.15, -0.1) is 11.8 Å². The van der Waals surface area contributed by atoms with E-state index >= 15 is 0 Å². The monoisotopic (exact) mass is 257 g/mol. The van der Waals surface area contributed by atoms with Crippen LogP contribution in [0.2, 0.25) is 0 Å². The van der Waals surface area contributed by atoms with Gasteiger partial charge in [0.15, 0.2) is 0 Å². The number of rotatable bonds is 3. The molecule has 1 saturated heterocycles. The first-order chi connectivity index (χ1) is 8.18. The third kappa shape index (κ3) is 3.38. The molecule has 0 bridgehead atoms. The average Bonchev–Trinajstić information content (AvgIpc) is 2.35. The van der Waals surface area contributed by atoms with Gasteiger partial charge in [-0.05, 0) is 18.1 Å². The molecular formula is C13H23NO2S. The second kappa shape index (κ2) is 6.10. The van der Waals surface area contributed by atoms with Crippen LogP contribution in [0.5, 0.6) is 0 Å². The highest BCUT2D eigenvalue weighted by Crippen LogP contribution is 2.29. The molecule has 0 N–H and O–H groups in total. The first-order valence-corrected chi connectivity index (χ1v) is 7.76. The van der Waals surface area contributed by atoms with Crippen molar-refractivity contribution in [3.63, 3.8) is 0 Å². The topological polar surface area (TPSA) is 29.5 Å². The fourth-order valence-electron chi connectivity index (χ4n) is 2.73. The van der Waals surface area contributed by atoms with Gasteiger partial charge in [-0.1, -0.05) is 26.7 Å². The van der Waals surface area contributed by atoms with E-state index in [4.69, 9.17) is 4.74 Å². The van der Waals surface area contributed by atoms with Crippen LogP contribution in [-0.2, 0) is 9.53 Å². The maximum Gasteiger partial charge on any atom is 0.232 e. The van der Waals surface area contributed by atoms with Crippen LogP contribution in [0.25, 0.3) is 0 Å². The van der Waals surface area contributed by atoms with E-state index < -0.39 is 0 Å². The summed E-state index contributed by atoms with van der Waals surface area (Å²) in [4.78, 5) is 14.3. The maximum atomic E-state index is 12.2. The van der Waals surface area contributed by atoms with Gasteiger partial charge in [-0.3, -0.25) is 4.79 Å². The van der Waals surface area contributed by atoms with Gasteiger partial charge < -0.3 is 9.64 Å². The van der Waals surface area contributed by atoms with Gasteiger partial charge in [0.2, 0.25) is 5.91 Å². The van der Waals surface area contributed by atoms with Crippen LogP contribution in [0.3, 0.4) is 0 Å². The molecule has 0 aromatic carbocycles. The van der Waals surface area contributed by atoms with Crippen LogP contribution < -0.4 is 0 Å². The number of hydrogen-bond donors (Lipinski definition) is 0. The van der Waals surface area contributed by atoms with E-state index in [1.165, 1.54) is 12.8 Å². The number of hydrogen-bond acceptors (Lipinski definition) is 3. The van der Waals surface area contributed by atoms with Gasteiger partial charge in [0.05, 0.1) is 24.5 Å². The maximum absolute atomic E-state index is 12.2. The number of morpholine rings is 1. The lowest BCUT2D eigenvalue weighted by Crippen LogP contribution is -2.55. The first-order valence-electron chi connectivity index (χ1n) is 6.71. The quantitative estimate of drug-likeness (QED) is 0.777. The number of carbonyl (C=O) groups is 1. The Labute approximate surface area is 108 Å². The summed E-state index contributed by atoms with van der Waals surface area (Å²) in [7, 11) is 0. The molecule has 1 saturated carbocycles. The number of amides is 1. The number of nitrogens with zero attached hydrogens (tertiary/aromatic N) is 1. The zero-order valence-corrected chi connectivity index (χ0v) is 11.7. The Morgan fingerprint density at radius 1 is 1.41 bits per heavy atom. The number of thioether (sulfide) groups is 1. The lowest BCUT2D eigenvalue weighted by Gasteiger charge is -2.43. The summed E-state index contributed by atoms with van der Waals surface area (Å²) in [6, 6.07) is 0.359. The fraction of sp³-hybridized carbons (Fsp3) is 0.923. The van der Waals surface area contributed by atoms with Gasteiger partial charge in [0.1, 0.15) is 0 Å². The Bertz CT molecular complexity index is 268. The summed E-state index contributed by atoms with van der Waals surface area (Å²) in [5, 5.41) is 0.530. The van der Waals surface area contributed by atoms with Crippen molar-refractivity contribution in [1.29, 1.82) is 0 Å². The highest BCUT2D eigenvalue weighted by atomic mass is 32.2. The molecule has 2 atom stereocenters. The lowest BCUT2D eigenvalue weighted by atomic mass is 9.90. The molecule has 2 unspecified atom stereocenters. The van der Waals surface area contributed by atoms with Gasteiger partial charge >= 0.3 is 0 Å². The van der Waals surface area contributed by atoms with Crippen LogP contribution in [0.4, 0.5) is 0 Å². The summed E-state index contributed by atoms with van der Waals surface area (Å²) >= 11 is 1.74. The zero-order valence-electron chi connectivity index (χ0n) is 10.9. The fourth-order valence-corrected chi connectivity index (χ4v) is 3.37. The Balaban J connectivity index is 1.91. The van der Waals surface area contributed by atoms with E-state index in [2.05, 4.69) is 18.7 Å². The van der Waals surface area contributed by atoms with Crippen molar-refractivity contribution in [2.24, 2.45) is 0 Å². The van der Waals surface area contributed by atoms with Crippen molar-refractivity contribution >= 4 is 17.7 Å². The van der Waals surface area contributed by atoms with E-state index in [-0.39, 0.29) is 0 Å². The molecule has 1 heterocycles. The predicted octanol–water partition coefficient (Wildman–Crippen LogP) is 2.30. The molecule has 0 aromatic rings. The van der Waals surface area contributed by atoms with E-state index in [0.29, 0.717) is 29.1 Å². The number of fused-ring (bicyclic) bond motifs is 1. The van der Waals surface area contributed by atoms with Gasteiger partial charge in [0.25, 0.3) is 0 Å². The van der Waals surface area contributed by atoms with Gasteiger partial charge in [-0.2, -0.15) is 0 Å². The lowest BCUT2D eigenvalue weighted by molar-refractivity contribution is -0.146. The summed E-state index contributed by atoms with van der Waals surface area (Å²) in [5.74, 6) is 0.935. The molecule has 1 aliphatic carbocycles. The smallest absolute Gasteiger partial charge is 0.232 e. The van der Waals surface area contributed by atoms with Crippen molar-refractivity contribution in [3.05, 3.63) is 0 Å². The van der Waals surface area contributed by atoms with Crippen molar-refractivity contribution in [1.82, 2.24) is 4.90 Å². The Morgan fingerprint density at radius 3 is 2.94 bits per heavy atom. The third-order valence-electron chi connectivity index (χ3n) is 3.59. The SMILES string of the molecule is CC(C)SCC(=O)N1CCOC2CCCCC21. The molecule has 3 nitrogen and oxygen atoms in total. The van der Waals surface area contributed by atoms with E-state index in [9.17, 15) is 4.79 Å². The highest BCUT2D eigenvalue weighted by Gasteiger charge is 2.36. The highest BCUT2D eigenvalue weighted by molar-refractivity contribution is 8.00. The molecule has 2 fully saturated rings. The molecular weight excluding hydrogens is 234 g/mol. The molecule has 4 heteroatoms. The summed E-state index contributed by atoms with van der Waals surface area (Å²) in [6.45, 7) is 5.79. The minimum absolute atomic E-state index is 0.309. The molecule has 0 radical (unpaired) electrons. The van der Waals surface area contributed by atoms with Crippen LogP contribution in [-0.4, -0.2) is 47.1 Å². The largest absolute Gasteiger partial charge is 0.374 e. The third-order valence-corrected chi connectivity index (χ3v) is 4.67. The molecule has 0 aromatic heterocycles. The Kier molecular flexibility index (Phi) is 4.74.